The number of amides is 1. The molecule has 8 nitrogen and oxygen atoms in total. The van der Waals surface area contributed by atoms with Gasteiger partial charge in [0, 0.05) is 25.2 Å². The predicted octanol–water partition coefficient (Wildman–Crippen LogP) is 1.39. The number of hydrogen-bond donors (Lipinski definition) is 1. The van der Waals surface area contributed by atoms with E-state index in [1.807, 2.05) is 0 Å². The van der Waals surface area contributed by atoms with E-state index in [4.69, 9.17) is 9.47 Å². The first kappa shape index (κ1) is 21.0. The van der Waals surface area contributed by atoms with E-state index in [1.54, 1.807) is 12.1 Å². The van der Waals surface area contributed by atoms with Crippen molar-refractivity contribution in [3.63, 3.8) is 0 Å². The van der Waals surface area contributed by atoms with E-state index in [-0.39, 0.29) is 16.6 Å². The molecule has 1 N–H and O–H groups in total. The van der Waals surface area contributed by atoms with E-state index < -0.39 is 10.0 Å². The minimum atomic E-state index is -3.72. The number of morpholine rings is 1. The lowest BCUT2D eigenvalue weighted by molar-refractivity contribution is -0.117. The number of carbonyl (C=O) groups excluding carboxylic acids is 1. The number of ether oxygens (including phenoxy) is 2. The van der Waals surface area contributed by atoms with Gasteiger partial charge in [-0.3, -0.25) is 4.79 Å². The molecule has 2 aliphatic rings. The summed E-state index contributed by atoms with van der Waals surface area (Å²) in [6.45, 7) is 3.35. The summed E-state index contributed by atoms with van der Waals surface area (Å²) < 4.78 is 37.9. The summed E-state index contributed by atoms with van der Waals surface area (Å²) >= 11 is 0. The highest BCUT2D eigenvalue weighted by molar-refractivity contribution is 7.89. The van der Waals surface area contributed by atoms with Crippen molar-refractivity contribution in [2.24, 2.45) is 5.92 Å². The van der Waals surface area contributed by atoms with Gasteiger partial charge in [0.1, 0.15) is 10.6 Å². The first-order valence-electron chi connectivity index (χ1n) is 9.64. The minimum Gasteiger partial charge on any atom is -0.495 e. The number of nitrogens with one attached hydrogen (secondary N) is 1. The van der Waals surface area contributed by atoms with Crippen molar-refractivity contribution in [2.75, 3.05) is 58.9 Å². The zero-order valence-corrected chi connectivity index (χ0v) is 17.3. The van der Waals surface area contributed by atoms with Gasteiger partial charge in [0.15, 0.2) is 0 Å². The molecule has 156 valence electrons. The lowest BCUT2D eigenvalue weighted by Gasteiger charge is -2.28. The molecule has 3 rings (SSSR count). The summed E-state index contributed by atoms with van der Waals surface area (Å²) in [5.41, 5.74) is 0.463. The Hall–Kier alpha value is -1.68. The van der Waals surface area contributed by atoms with Gasteiger partial charge in [-0.15, -0.1) is 0 Å². The quantitative estimate of drug-likeness (QED) is 0.761. The number of piperidine rings is 1. The molecule has 0 radical (unpaired) electrons. The molecule has 28 heavy (non-hydrogen) atoms. The number of methoxy groups -OCH3 is 1. The molecule has 0 bridgehead atoms. The van der Waals surface area contributed by atoms with Crippen LogP contribution in [0, 0.1) is 5.92 Å². The Morgan fingerprint density at radius 1 is 1.21 bits per heavy atom. The van der Waals surface area contributed by atoms with Crippen LogP contribution in [0.2, 0.25) is 0 Å². The number of carbonyl (C=O) groups is 1. The first-order chi connectivity index (χ1) is 13.4. The third-order valence-corrected chi connectivity index (χ3v) is 7.27. The molecule has 0 aromatic heterocycles. The molecule has 2 fully saturated rings. The Morgan fingerprint density at radius 3 is 2.54 bits per heavy atom. The molecule has 2 saturated heterocycles. The summed E-state index contributed by atoms with van der Waals surface area (Å²) in [6.07, 6.45) is 2.46. The van der Waals surface area contributed by atoms with Gasteiger partial charge in [0.05, 0.1) is 20.3 Å². The Balaban J connectivity index is 1.72. The molecule has 1 aromatic rings. The fourth-order valence-electron chi connectivity index (χ4n) is 3.62. The molecule has 2 heterocycles. The van der Waals surface area contributed by atoms with Crippen LogP contribution in [-0.4, -0.2) is 77.1 Å². The second-order valence-corrected chi connectivity index (χ2v) is 9.29. The highest BCUT2D eigenvalue weighted by Crippen LogP contribution is 2.30. The Morgan fingerprint density at radius 2 is 1.89 bits per heavy atom. The SMILES string of the molecule is COc1ccc(NC(=O)CC2CCN(C)CC2)cc1S(=O)(=O)N1CCOCC1. The molecule has 0 aliphatic carbocycles. The zero-order chi connectivity index (χ0) is 20.1. The topological polar surface area (TPSA) is 88.2 Å². The molecule has 0 saturated carbocycles. The second kappa shape index (κ2) is 9.21. The smallest absolute Gasteiger partial charge is 0.246 e. The molecular weight excluding hydrogens is 382 g/mol. The molecule has 9 heteroatoms. The van der Waals surface area contributed by atoms with E-state index in [1.165, 1.54) is 17.5 Å². The molecule has 0 unspecified atom stereocenters. The van der Waals surface area contributed by atoms with Crippen molar-refractivity contribution in [2.45, 2.75) is 24.2 Å². The van der Waals surface area contributed by atoms with E-state index >= 15 is 0 Å². The fourth-order valence-corrected chi connectivity index (χ4v) is 5.21. The highest BCUT2D eigenvalue weighted by Gasteiger charge is 2.29. The van der Waals surface area contributed by atoms with E-state index in [0.29, 0.717) is 44.3 Å². The highest BCUT2D eigenvalue weighted by atomic mass is 32.2. The number of hydrogen-bond acceptors (Lipinski definition) is 6. The van der Waals surface area contributed by atoms with Crippen molar-refractivity contribution >= 4 is 21.6 Å². The molecule has 2 aliphatic heterocycles. The van der Waals surface area contributed by atoms with Gasteiger partial charge < -0.3 is 19.7 Å². The van der Waals surface area contributed by atoms with E-state index in [0.717, 1.165) is 25.9 Å². The van der Waals surface area contributed by atoms with Gasteiger partial charge in [-0.1, -0.05) is 0 Å². The third-order valence-electron chi connectivity index (χ3n) is 5.35. The van der Waals surface area contributed by atoms with Crippen molar-refractivity contribution < 1.29 is 22.7 Å². The molecule has 1 amide bonds. The lowest BCUT2D eigenvalue weighted by Crippen LogP contribution is -2.40. The summed E-state index contributed by atoms with van der Waals surface area (Å²) in [4.78, 5) is 14.8. The number of sulfonamides is 1. The summed E-state index contributed by atoms with van der Waals surface area (Å²) in [7, 11) is -0.201. The van der Waals surface area contributed by atoms with Crippen LogP contribution in [0.1, 0.15) is 19.3 Å². The molecule has 0 atom stereocenters. The van der Waals surface area contributed by atoms with Gasteiger partial charge in [0.25, 0.3) is 0 Å². The average Bonchev–Trinajstić information content (AvgIpc) is 2.70. The van der Waals surface area contributed by atoms with Crippen molar-refractivity contribution in [1.29, 1.82) is 0 Å². The van der Waals surface area contributed by atoms with E-state index in [9.17, 15) is 13.2 Å². The number of benzene rings is 1. The molecular formula is C19H29N3O5S. The van der Waals surface area contributed by atoms with Gasteiger partial charge in [-0.25, -0.2) is 8.42 Å². The number of nitrogens with zero attached hydrogens (tertiary/aromatic N) is 2. The van der Waals surface area contributed by atoms with Crippen molar-refractivity contribution in [3.05, 3.63) is 18.2 Å². The summed E-state index contributed by atoms with van der Waals surface area (Å²) in [5.74, 6) is 0.542. The van der Waals surface area contributed by atoms with Gasteiger partial charge in [-0.05, 0) is 57.1 Å². The van der Waals surface area contributed by atoms with Crippen LogP contribution in [0.15, 0.2) is 23.1 Å². The van der Waals surface area contributed by atoms with Crippen molar-refractivity contribution in [1.82, 2.24) is 9.21 Å². The second-order valence-electron chi connectivity index (χ2n) is 7.38. The molecule has 0 spiro atoms. The number of likely N-dealkylation sites (tertiary alicyclic amines) is 1. The number of anilines is 1. The normalized spacial score (nSPS) is 20.1. The molecule has 1 aromatic carbocycles. The van der Waals surface area contributed by atoms with Crippen LogP contribution in [0.25, 0.3) is 0 Å². The van der Waals surface area contributed by atoms with Crippen LogP contribution in [0.3, 0.4) is 0 Å². The van der Waals surface area contributed by atoms with Crippen molar-refractivity contribution in [3.8, 4) is 5.75 Å². The van der Waals surface area contributed by atoms with E-state index in [2.05, 4.69) is 17.3 Å². The lowest BCUT2D eigenvalue weighted by atomic mass is 9.93. The van der Waals surface area contributed by atoms with Crippen LogP contribution < -0.4 is 10.1 Å². The summed E-state index contributed by atoms with van der Waals surface area (Å²) in [6, 6.07) is 4.73. The van der Waals surface area contributed by atoms with Crippen LogP contribution in [-0.2, 0) is 19.6 Å². The maximum atomic E-state index is 13.0. The van der Waals surface area contributed by atoms with Gasteiger partial charge >= 0.3 is 0 Å². The largest absolute Gasteiger partial charge is 0.495 e. The maximum absolute atomic E-state index is 13.0. The van der Waals surface area contributed by atoms with Crippen LogP contribution >= 0.6 is 0 Å². The Kier molecular flexibility index (Phi) is 6.92. The van der Waals surface area contributed by atoms with Gasteiger partial charge in [0.2, 0.25) is 15.9 Å². The first-order valence-corrected chi connectivity index (χ1v) is 11.1. The standard InChI is InChI=1S/C19H29N3O5S/c1-21-7-5-15(6-8-21)13-19(23)20-16-3-4-17(26-2)18(14-16)28(24,25)22-9-11-27-12-10-22/h3-4,14-15H,5-13H2,1-2H3,(H,20,23). The van der Waals surface area contributed by atoms with Gasteiger partial charge in [-0.2, -0.15) is 4.31 Å². The maximum Gasteiger partial charge on any atom is 0.246 e. The zero-order valence-electron chi connectivity index (χ0n) is 16.5. The number of rotatable bonds is 6. The predicted molar refractivity (Wildman–Crippen MR) is 106 cm³/mol. The minimum absolute atomic E-state index is 0.0639. The van der Waals surface area contributed by atoms with Crippen LogP contribution in [0.5, 0.6) is 5.75 Å². The third kappa shape index (κ3) is 5.02. The summed E-state index contributed by atoms with van der Waals surface area (Å²) in [5, 5.41) is 2.85. The average molecular weight is 412 g/mol. The monoisotopic (exact) mass is 411 g/mol. The Labute approximate surface area is 166 Å². The van der Waals surface area contributed by atoms with Crippen LogP contribution in [0.4, 0.5) is 5.69 Å². The Bertz CT molecular complexity index is 785. The fraction of sp³-hybridized carbons (Fsp3) is 0.632.